The van der Waals surface area contributed by atoms with Crippen molar-refractivity contribution in [3.05, 3.63) is 12.2 Å². The van der Waals surface area contributed by atoms with Gasteiger partial charge in [0.2, 0.25) is 0 Å². The molecule has 0 saturated carbocycles. The second-order valence-electron chi connectivity index (χ2n) is 9.34. The fourth-order valence-corrected chi connectivity index (χ4v) is 5.33. The second kappa shape index (κ2) is 16.5. The summed E-state index contributed by atoms with van der Waals surface area (Å²) < 4.78 is 12.6. The third-order valence-corrected chi connectivity index (χ3v) is 7.80. The summed E-state index contributed by atoms with van der Waals surface area (Å²) in [6.45, 7) is 4.33. The van der Waals surface area contributed by atoms with Crippen LogP contribution in [0.25, 0.3) is 0 Å². The zero-order valence-electron chi connectivity index (χ0n) is 19.7. The Hall–Kier alpha value is -0.240. The molecule has 0 bridgehead atoms. The minimum atomic E-state index is -2.42. The van der Waals surface area contributed by atoms with Gasteiger partial charge in [-0.05, 0) is 32.1 Å². The molecule has 0 aromatic rings. The summed E-state index contributed by atoms with van der Waals surface area (Å²) in [6.07, 6.45) is 23.8. The normalized spacial score (nSPS) is 15.1. The molecule has 0 aliphatic heterocycles. The summed E-state index contributed by atoms with van der Waals surface area (Å²) in [5.74, 6) is 0. The van der Waals surface area contributed by atoms with Crippen LogP contribution in [0, 0.1) is 0 Å². The summed E-state index contributed by atoms with van der Waals surface area (Å²) in [5, 5.41) is -0.588. The molecule has 0 saturated heterocycles. The first kappa shape index (κ1) is 27.8. The van der Waals surface area contributed by atoms with Crippen molar-refractivity contribution in [1.29, 1.82) is 0 Å². The highest BCUT2D eigenvalue weighted by atomic mass is 31.1. The molecule has 166 valence electrons. The maximum absolute atomic E-state index is 12.1. The quantitative estimate of drug-likeness (QED) is 0.0960. The molecule has 3 nitrogen and oxygen atoms in total. The van der Waals surface area contributed by atoms with Crippen molar-refractivity contribution in [3.8, 4) is 0 Å². The van der Waals surface area contributed by atoms with Crippen LogP contribution >= 0.6 is 8.03 Å². The van der Waals surface area contributed by atoms with E-state index in [1.54, 1.807) is 0 Å². The smallest absolute Gasteiger partial charge is 0.376 e. The highest BCUT2D eigenvalue weighted by Gasteiger charge is 2.53. The number of quaternary nitrogens is 1. The van der Waals surface area contributed by atoms with Gasteiger partial charge in [0.15, 0.2) is 0 Å². The van der Waals surface area contributed by atoms with Gasteiger partial charge in [-0.2, -0.15) is 0 Å². The molecule has 0 aromatic heterocycles. The molecule has 0 rings (SSSR count). The van der Waals surface area contributed by atoms with Crippen molar-refractivity contribution in [1.82, 2.24) is 0 Å². The van der Waals surface area contributed by atoms with E-state index in [2.05, 4.69) is 26.0 Å². The SMILES string of the molecule is CCCC/C=C\CCCCCCCCCCCC(CCC)([P+](=O)[O-])[N+](C)(C)C. The van der Waals surface area contributed by atoms with E-state index in [9.17, 15) is 9.46 Å². The number of hydrogen-bond donors (Lipinski definition) is 0. The van der Waals surface area contributed by atoms with Gasteiger partial charge >= 0.3 is 8.03 Å². The minimum absolute atomic E-state index is 0.521. The van der Waals surface area contributed by atoms with Crippen LogP contribution in [-0.4, -0.2) is 30.9 Å². The second-order valence-corrected chi connectivity index (χ2v) is 10.7. The summed E-state index contributed by atoms with van der Waals surface area (Å²) in [5.41, 5.74) is 0. The molecule has 0 spiro atoms. The zero-order valence-corrected chi connectivity index (χ0v) is 20.6. The van der Waals surface area contributed by atoms with E-state index in [1.807, 2.05) is 21.1 Å². The third kappa shape index (κ3) is 11.7. The summed E-state index contributed by atoms with van der Waals surface area (Å²) >= 11 is 0. The monoisotopic (exact) mass is 414 g/mol. The first-order chi connectivity index (χ1) is 13.3. The highest BCUT2D eigenvalue weighted by molar-refractivity contribution is 7.38. The van der Waals surface area contributed by atoms with Crippen molar-refractivity contribution in [2.24, 2.45) is 0 Å². The van der Waals surface area contributed by atoms with E-state index in [1.165, 1.54) is 70.6 Å². The standard InChI is InChI=1S/C24H49NO2P/c1-6-8-9-10-11-12-13-14-15-16-17-18-19-20-21-23-24(22-7-2,28(26)27)25(3,4)5/h10-11H,6-9,12-23H2,1-5H3/q+1/b11-10-. The van der Waals surface area contributed by atoms with Crippen LogP contribution in [0.5, 0.6) is 0 Å². The van der Waals surface area contributed by atoms with Crippen molar-refractivity contribution in [2.45, 2.75) is 122 Å². The van der Waals surface area contributed by atoms with Crippen molar-refractivity contribution in [3.63, 3.8) is 0 Å². The van der Waals surface area contributed by atoms with Gasteiger partial charge in [-0.3, -0.25) is 4.48 Å². The van der Waals surface area contributed by atoms with Gasteiger partial charge in [0.1, 0.15) is 0 Å². The lowest BCUT2D eigenvalue weighted by Crippen LogP contribution is -2.55. The molecule has 0 amide bonds. The predicted molar refractivity (Wildman–Crippen MR) is 123 cm³/mol. The lowest BCUT2D eigenvalue weighted by Gasteiger charge is -2.39. The Labute approximate surface area is 177 Å². The third-order valence-electron chi connectivity index (χ3n) is 6.08. The Bertz CT molecular complexity index is 417. The lowest BCUT2D eigenvalue weighted by molar-refractivity contribution is -0.910. The van der Waals surface area contributed by atoms with Gasteiger partial charge in [-0.1, -0.05) is 88.4 Å². The Morgan fingerprint density at radius 2 is 1.18 bits per heavy atom. The molecule has 2 atom stereocenters. The predicted octanol–water partition coefficient (Wildman–Crippen LogP) is 7.33. The maximum atomic E-state index is 12.1. The Balaban J connectivity index is 3.77. The van der Waals surface area contributed by atoms with E-state index in [4.69, 9.17) is 0 Å². The van der Waals surface area contributed by atoms with Crippen LogP contribution < -0.4 is 4.89 Å². The highest BCUT2D eigenvalue weighted by Crippen LogP contribution is 2.45. The van der Waals surface area contributed by atoms with Crippen LogP contribution in [0.2, 0.25) is 0 Å². The fraction of sp³-hybridized carbons (Fsp3) is 0.917. The molecule has 28 heavy (non-hydrogen) atoms. The first-order valence-electron chi connectivity index (χ1n) is 11.9. The molecule has 0 aliphatic rings. The molecule has 0 fully saturated rings. The fourth-order valence-electron chi connectivity index (χ4n) is 4.09. The topological polar surface area (TPSA) is 40.1 Å². The van der Waals surface area contributed by atoms with Crippen molar-refractivity contribution < 1.29 is 13.9 Å². The number of unbranched alkanes of at least 4 members (excludes halogenated alkanes) is 11. The van der Waals surface area contributed by atoms with Gasteiger partial charge in [0.05, 0.1) is 21.1 Å². The van der Waals surface area contributed by atoms with Crippen molar-refractivity contribution in [2.75, 3.05) is 21.1 Å². The van der Waals surface area contributed by atoms with Gasteiger partial charge in [-0.15, -0.1) is 0 Å². The van der Waals surface area contributed by atoms with Crippen molar-refractivity contribution >= 4 is 8.03 Å². The Morgan fingerprint density at radius 3 is 1.61 bits per heavy atom. The lowest BCUT2D eigenvalue weighted by atomic mass is 9.99. The molecular formula is C24H49NO2P+. The van der Waals surface area contributed by atoms with E-state index in [0.717, 1.165) is 32.1 Å². The maximum Gasteiger partial charge on any atom is 0.376 e. The molecule has 0 heterocycles. The van der Waals surface area contributed by atoms with Crippen LogP contribution in [0.3, 0.4) is 0 Å². The van der Waals surface area contributed by atoms with E-state index in [-0.39, 0.29) is 0 Å². The number of allylic oxidation sites excluding steroid dienone is 2. The average Bonchev–Trinajstić information content (AvgIpc) is 2.62. The first-order valence-corrected chi connectivity index (χ1v) is 13.1. The van der Waals surface area contributed by atoms with E-state index < -0.39 is 13.3 Å². The molecule has 0 aromatic carbocycles. The average molecular weight is 415 g/mol. The van der Waals surface area contributed by atoms with Crippen LogP contribution in [0.1, 0.15) is 117 Å². The Kier molecular flexibility index (Phi) is 16.4. The Morgan fingerprint density at radius 1 is 0.714 bits per heavy atom. The molecule has 0 radical (unpaired) electrons. The largest absolute Gasteiger partial charge is 0.590 e. The molecule has 0 N–H and O–H groups in total. The summed E-state index contributed by atoms with van der Waals surface area (Å²) in [7, 11) is 3.67. The zero-order chi connectivity index (χ0) is 21.3. The molecule has 4 heteroatoms. The van der Waals surface area contributed by atoms with E-state index >= 15 is 0 Å². The molecule has 0 aliphatic carbocycles. The number of rotatable bonds is 19. The van der Waals surface area contributed by atoms with Gasteiger partial charge in [-0.25, -0.2) is 0 Å². The van der Waals surface area contributed by atoms with Crippen LogP contribution in [0.4, 0.5) is 0 Å². The van der Waals surface area contributed by atoms with Gasteiger partial charge in [0, 0.05) is 12.8 Å². The van der Waals surface area contributed by atoms with Crippen LogP contribution in [0.15, 0.2) is 12.2 Å². The van der Waals surface area contributed by atoms with Crippen LogP contribution in [-0.2, 0) is 4.57 Å². The molecular weight excluding hydrogens is 365 g/mol. The van der Waals surface area contributed by atoms with Gasteiger partial charge in [0.25, 0.3) is 5.28 Å². The summed E-state index contributed by atoms with van der Waals surface area (Å²) in [4.78, 5) is 12.1. The number of hydrogen-bond acceptors (Lipinski definition) is 2. The molecule has 2 unspecified atom stereocenters. The van der Waals surface area contributed by atoms with Gasteiger partial charge < -0.3 is 4.89 Å². The summed E-state index contributed by atoms with van der Waals surface area (Å²) in [6, 6.07) is 0. The van der Waals surface area contributed by atoms with E-state index in [0.29, 0.717) is 4.48 Å². The number of nitrogens with zero attached hydrogens (tertiary/aromatic N) is 1. The minimum Gasteiger partial charge on any atom is -0.590 e.